The van der Waals surface area contributed by atoms with E-state index in [1.165, 1.54) is 0 Å². The van der Waals surface area contributed by atoms with Gasteiger partial charge in [-0.15, -0.1) is 0 Å². The van der Waals surface area contributed by atoms with Crippen LogP contribution in [0.5, 0.6) is 11.5 Å². The molecule has 7 nitrogen and oxygen atoms in total. The van der Waals surface area contributed by atoms with Crippen LogP contribution in [0.3, 0.4) is 0 Å². The van der Waals surface area contributed by atoms with Crippen molar-refractivity contribution >= 4 is 15.7 Å². The maximum absolute atomic E-state index is 13.4. The highest BCUT2D eigenvalue weighted by atomic mass is 32.2. The van der Waals surface area contributed by atoms with Gasteiger partial charge in [0.05, 0.1) is 30.8 Å². The minimum Gasteiger partial charge on any atom is -0.490 e. The van der Waals surface area contributed by atoms with E-state index in [-0.39, 0.29) is 23.5 Å². The maximum atomic E-state index is 13.4. The third-order valence-electron chi connectivity index (χ3n) is 5.74. The second kappa shape index (κ2) is 9.28. The zero-order chi connectivity index (χ0) is 21.8. The summed E-state index contributed by atoms with van der Waals surface area (Å²) < 4.78 is 35.2. The molecule has 2 aliphatic heterocycles. The summed E-state index contributed by atoms with van der Waals surface area (Å²) in [7, 11) is -3.03. The van der Waals surface area contributed by atoms with Crippen molar-refractivity contribution in [1.82, 2.24) is 10.2 Å². The lowest BCUT2D eigenvalue weighted by molar-refractivity contribution is -0.127. The number of fused-ring (bicyclic) bond motifs is 1. The molecule has 1 fully saturated rings. The predicted octanol–water partition coefficient (Wildman–Crippen LogP) is 2.50. The first kappa shape index (κ1) is 21.6. The predicted molar refractivity (Wildman–Crippen MR) is 118 cm³/mol. The fourth-order valence-electron chi connectivity index (χ4n) is 3.97. The summed E-state index contributed by atoms with van der Waals surface area (Å²) in [6, 6.07) is 14.4. The van der Waals surface area contributed by atoms with E-state index < -0.39 is 15.9 Å². The van der Waals surface area contributed by atoms with Crippen molar-refractivity contribution in [3.8, 4) is 11.5 Å². The number of rotatable bonds is 5. The first-order valence-electron chi connectivity index (χ1n) is 10.6. The lowest BCUT2D eigenvalue weighted by atomic mass is 10.0. The highest BCUT2D eigenvalue weighted by Gasteiger charge is 2.33. The first-order valence-corrected chi connectivity index (χ1v) is 12.4. The lowest BCUT2D eigenvalue weighted by Crippen LogP contribution is -2.47. The molecule has 2 aromatic rings. The van der Waals surface area contributed by atoms with Crippen molar-refractivity contribution in [2.24, 2.45) is 0 Å². The maximum Gasteiger partial charge on any atom is 0.242 e. The van der Waals surface area contributed by atoms with E-state index in [1.807, 2.05) is 60.4 Å². The summed E-state index contributed by atoms with van der Waals surface area (Å²) in [6.07, 6.45) is 0.834. The topological polar surface area (TPSA) is 84.9 Å². The van der Waals surface area contributed by atoms with Gasteiger partial charge in [-0.1, -0.05) is 36.4 Å². The van der Waals surface area contributed by atoms with E-state index in [9.17, 15) is 13.2 Å². The summed E-state index contributed by atoms with van der Waals surface area (Å²) >= 11 is 0. The van der Waals surface area contributed by atoms with Crippen molar-refractivity contribution in [2.45, 2.75) is 25.4 Å². The van der Waals surface area contributed by atoms with Gasteiger partial charge in [-0.25, -0.2) is 8.42 Å². The van der Waals surface area contributed by atoms with Crippen LogP contribution >= 0.6 is 0 Å². The molecule has 2 heterocycles. The van der Waals surface area contributed by atoms with Crippen molar-refractivity contribution in [3.05, 3.63) is 59.7 Å². The van der Waals surface area contributed by atoms with Gasteiger partial charge in [0.15, 0.2) is 21.3 Å². The Bertz CT molecular complexity index is 1010. The molecule has 8 heteroatoms. The number of nitrogens with one attached hydrogen (secondary N) is 1. The van der Waals surface area contributed by atoms with Gasteiger partial charge in [0, 0.05) is 19.5 Å². The second-order valence-electron chi connectivity index (χ2n) is 7.99. The first-order chi connectivity index (χ1) is 14.9. The fourth-order valence-corrected chi connectivity index (χ4v) is 5.20. The third kappa shape index (κ3) is 5.19. The van der Waals surface area contributed by atoms with E-state index in [1.54, 1.807) is 0 Å². The number of carbonyl (C=O) groups excluding carboxylic acids is 1. The molecule has 0 aromatic heterocycles. The van der Waals surface area contributed by atoms with Crippen LogP contribution < -0.4 is 14.8 Å². The highest BCUT2D eigenvalue weighted by molar-refractivity contribution is 7.91. The van der Waals surface area contributed by atoms with E-state index in [4.69, 9.17) is 9.47 Å². The Labute approximate surface area is 183 Å². The van der Waals surface area contributed by atoms with Crippen LogP contribution in [0.2, 0.25) is 0 Å². The van der Waals surface area contributed by atoms with Gasteiger partial charge in [-0.05, 0) is 30.2 Å². The van der Waals surface area contributed by atoms with Gasteiger partial charge >= 0.3 is 0 Å². The average molecular weight is 445 g/mol. The quantitative estimate of drug-likeness (QED) is 0.763. The SMILES string of the molecule is CC(NC(=O)C(c1ccccc1)N1CCS(=O)(=O)CC1)c1ccc2c(c1)OCCCO2. The van der Waals surface area contributed by atoms with E-state index in [2.05, 4.69) is 5.32 Å². The smallest absolute Gasteiger partial charge is 0.242 e. The number of hydrogen-bond donors (Lipinski definition) is 1. The van der Waals surface area contributed by atoms with E-state index >= 15 is 0 Å². The normalized spacial score (nSPS) is 20.3. The molecule has 0 bridgehead atoms. The molecule has 0 saturated carbocycles. The molecule has 2 atom stereocenters. The van der Waals surface area contributed by atoms with Gasteiger partial charge < -0.3 is 14.8 Å². The monoisotopic (exact) mass is 444 g/mol. The lowest BCUT2D eigenvalue weighted by Gasteiger charge is -2.34. The van der Waals surface area contributed by atoms with Gasteiger partial charge in [-0.2, -0.15) is 0 Å². The number of nitrogens with zero attached hydrogens (tertiary/aromatic N) is 1. The van der Waals surface area contributed by atoms with Crippen LogP contribution in [0.1, 0.15) is 36.6 Å². The van der Waals surface area contributed by atoms with Crippen LogP contribution in [0.25, 0.3) is 0 Å². The van der Waals surface area contributed by atoms with Crippen molar-refractivity contribution in [1.29, 1.82) is 0 Å². The minimum atomic E-state index is -3.03. The molecule has 4 rings (SSSR count). The van der Waals surface area contributed by atoms with Gasteiger partial charge in [0.2, 0.25) is 5.91 Å². The van der Waals surface area contributed by atoms with Gasteiger partial charge in [-0.3, -0.25) is 9.69 Å². The highest BCUT2D eigenvalue weighted by Crippen LogP contribution is 2.33. The molecule has 0 radical (unpaired) electrons. The van der Waals surface area contributed by atoms with Crippen molar-refractivity contribution < 1.29 is 22.7 Å². The molecule has 2 unspecified atom stereocenters. The molecule has 166 valence electrons. The van der Waals surface area contributed by atoms with Crippen molar-refractivity contribution in [3.63, 3.8) is 0 Å². The number of hydrogen-bond acceptors (Lipinski definition) is 6. The Morgan fingerprint density at radius 2 is 1.65 bits per heavy atom. The van der Waals surface area contributed by atoms with Crippen molar-refractivity contribution in [2.75, 3.05) is 37.8 Å². The second-order valence-corrected chi connectivity index (χ2v) is 10.3. The summed E-state index contributed by atoms with van der Waals surface area (Å²) in [6.45, 7) is 3.84. The number of carbonyl (C=O) groups is 1. The molecule has 1 saturated heterocycles. The summed E-state index contributed by atoms with van der Waals surface area (Å²) in [5, 5.41) is 3.11. The van der Waals surface area contributed by atoms with Gasteiger partial charge in [0.25, 0.3) is 0 Å². The van der Waals surface area contributed by atoms with Crippen LogP contribution in [0.4, 0.5) is 0 Å². The number of sulfone groups is 1. The summed E-state index contributed by atoms with van der Waals surface area (Å²) in [5.74, 6) is 1.40. The molecule has 2 aromatic carbocycles. The Morgan fingerprint density at radius 1 is 0.968 bits per heavy atom. The molecule has 1 N–H and O–H groups in total. The van der Waals surface area contributed by atoms with E-state index in [0.717, 1.165) is 23.3 Å². The summed E-state index contributed by atoms with van der Waals surface area (Å²) in [4.78, 5) is 15.3. The molecule has 1 amide bonds. The largest absolute Gasteiger partial charge is 0.490 e. The van der Waals surface area contributed by atoms with Crippen LogP contribution in [-0.2, 0) is 14.6 Å². The Hall–Kier alpha value is -2.58. The standard InChI is InChI=1S/C23H28N2O5S/c1-17(19-8-9-20-21(16-19)30-13-5-12-29-20)24-23(26)22(18-6-3-2-4-7-18)25-10-14-31(27,28)15-11-25/h2-4,6-9,16-17,22H,5,10-15H2,1H3,(H,24,26). The van der Waals surface area contributed by atoms with Crippen LogP contribution in [0, 0.1) is 0 Å². The zero-order valence-electron chi connectivity index (χ0n) is 17.6. The minimum absolute atomic E-state index is 0.0708. The average Bonchev–Trinajstić information content (AvgIpc) is 3.00. The fraction of sp³-hybridized carbons (Fsp3) is 0.435. The number of amides is 1. The summed E-state index contributed by atoms with van der Waals surface area (Å²) in [5.41, 5.74) is 1.77. The Balaban J connectivity index is 1.53. The molecule has 0 aliphatic carbocycles. The Morgan fingerprint density at radius 3 is 2.35 bits per heavy atom. The van der Waals surface area contributed by atoms with Crippen LogP contribution in [-0.4, -0.2) is 57.0 Å². The number of ether oxygens (including phenoxy) is 2. The third-order valence-corrected chi connectivity index (χ3v) is 7.35. The molecular weight excluding hydrogens is 416 g/mol. The molecule has 31 heavy (non-hydrogen) atoms. The molecular formula is C23H28N2O5S. The van der Waals surface area contributed by atoms with E-state index in [0.29, 0.717) is 32.1 Å². The Kier molecular flexibility index (Phi) is 6.48. The number of benzene rings is 2. The van der Waals surface area contributed by atoms with Gasteiger partial charge in [0.1, 0.15) is 6.04 Å². The van der Waals surface area contributed by atoms with Crippen LogP contribution in [0.15, 0.2) is 48.5 Å². The zero-order valence-corrected chi connectivity index (χ0v) is 18.4. The molecule has 2 aliphatic rings. The molecule has 0 spiro atoms.